The first kappa shape index (κ1) is 20.5. The summed E-state index contributed by atoms with van der Waals surface area (Å²) in [4.78, 5) is 14.0. The van der Waals surface area contributed by atoms with E-state index in [0.717, 1.165) is 25.3 Å². The number of hydrogen-bond donors (Lipinski definition) is 1. The fraction of sp³-hybridized carbons (Fsp3) is 0.650. The molecule has 1 N–H and O–H groups in total. The average Bonchev–Trinajstić information content (AvgIpc) is 2.57. The Balaban J connectivity index is 2.16. The molecule has 0 heterocycles. The first-order valence-electron chi connectivity index (χ1n) is 9.29. The number of nitrogens with zero attached hydrogens (tertiary/aromatic N) is 1. The van der Waals surface area contributed by atoms with Crippen LogP contribution in [0.25, 0.3) is 0 Å². The summed E-state index contributed by atoms with van der Waals surface area (Å²) in [7, 11) is 3.98. The van der Waals surface area contributed by atoms with Crippen molar-refractivity contribution < 1.29 is 9.53 Å². The van der Waals surface area contributed by atoms with E-state index in [1.165, 1.54) is 38.5 Å². The van der Waals surface area contributed by atoms with Gasteiger partial charge in [-0.3, -0.25) is 4.79 Å². The highest BCUT2D eigenvalue weighted by molar-refractivity contribution is 5.94. The fourth-order valence-corrected chi connectivity index (χ4v) is 2.45. The lowest BCUT2D eigenvalue weighted by Gasteiger charge is -2.11. The van der Waals surface area contributed by atoms with Gasteiger partial charge in [0, 0.05) is 18.7 Å². The van der Waals surface area contributed by atoms with Gasteiger partial charge in [-0.1, -0.05) is 45.4 Å². The van der Waals surface area contributed by atoms with E-state index in [1.54, 1.807) is 0 Å². The maximum atomic E-state index is 12.0. The van der Waals surface area contributed by atoms with E-state index in [2.05, 4.69) is 12.2 Å². The second kappa shape index (κ2) is 12.8. The summed E-state index contributed by atoms with van der Waals surface area (Å²) in [6, 6.07) is 7.40. The van der Waals surface area contributed by atoms with Crippen molar-refractivity contribution in [3.8, 4) is 5.75 Å². The molecule has 0 bridgehead atoms. The zero-order chi connectivity index (χ0) is 17.6. The first-order chi connectivity index (χ1) is 11.6. The standard InChI is InChI=1S/C20H34N2O2/c1-4-5-6-7-8-9-10-17-24-19-13-11-18(12-14-19)20(23)21-15-16-22(2)3/h11-14H,4-10,15-17H2,1-3H3,(H,21,23). The van der Waals surface area contributed by atoms with E-state index in [4.69, 9.17) is 4.74 Å². The van der Waals surface area contributed by atoms with Crippen molar-refractivity contribution in [3.05, 3.63) is 29.8 Å². The van der Waals surface area contributed by atoms with Crippen molar-refractivity contribution in [2.45, 2.75) is 51.9 Å². The van der Waals surface area contributed by atoms with Crippen LogP contribution in [0.2, 0.25) is 0 Å². The van der Waals surface area contributed by atoms with Gasteiger partial charge < -0.3 is 15.0 Å². The van der Waals surface area contributed by atoms with Crippen molar-refractivity contribution in [1.82, 2.24) is 10.2 Å². The minimum absolute atomic E-state index is 0.0320. The first-order valence-corrected chi connectivity index (χ1v) is 9.29. The Morgan fingerprint density at radius 2 is 1.62 bits per heavy atom. The molecule has 1 amide bonds. The van der Waals surface area contributed by atoms with Gasteiger partial charge in [0.2, 0.25) is 0 Å². The van der Waals surface area contributed by atoms with Crippen molar-refractivity contribution in [2.75, 3.05) is 33.8 Å². The Kier molecular flexibility index (Phi) is 10.9. The van der Waals surface area contributed by atoms with Crippen molar-refractivity contribution >= 4 is 5.91 Å². The van der Waals surface area contributed by atoms with Crippen LogP contribution in [0, 0.1) is 0 Å². The second-order valence-electron chi connectivity index (χ2n) is 6.55. The highest BCUT2D eigenvalue weighted by atomic mass is 16.5. The average molecular weight is 335 g/mol. The van der Waals surface area contributed by atoms with Gasteiger partial charge in [-0.25, -0.2) is 0 Å². The lowest BCUT2D eigenvalue weighted by atomic mass is 10.1. The van der Waals surface area contributed by atoms with E-state index in [0.29, 0.717) is 12.1 Å². The number of ether oxygens (including phenoxy) is 1. The molecule has 24 heavy (non-hydrogen) atoms. The summed E-state index contributed by atoms with van der Waals surface area (Å²) in [5.41, 5.74) is 0.678. The number of likely N-dealkylation sites (N-methyl/N-ethyl adjacent to an activating group) is 1. The lowest BCUT2D eigenvalue weighted by molar-refractivity contribution is 0.0951. The number of unbranched alkanes of at least 4 members (excludes halogenated alkanes) is 6. The predicted molar refractivity (Wildman–Crippen MR) is 101 cm³/mol. The molecular weight excluding hydrogens is 300 g/mol. The zero-order valence-electron chi connectivity index (χ0n) is 15.6. The topological polar surface area (TPSA) is 41.6 Å². The molecule has 0 aliphatic heterocycles. The highest BCUT2D eigenvalue weighted by Gasteiger charge is 2.05. The smallest absolute Gasteiger partial charge is 0.251 e. The van der Waals surface area contributed by atoms with Gasteiger partial charge in [0.25, 0.3) is 5.91 Å². The molecule has 1 aromatic rings. The minimum atomic E-state index is -0.0320. The maximum absolute atomic E-state index is 12.0. The van der Waals surface area contributed by atoms with Crippen LogP contribution in [0.3, 0.4) is 0 Å². The van der Waals surface area contributed by atoms with Crippen LogP contribution in [-0.4, -0.2) is 44.6 Å². The Morgan fingerprint density at radius 1 is 1.00 bits per heavy atom. The number of carbonyl (C=O) groups excluding carboxylic acids is 1. The van der Waals surface area contributed by atoms with Gasteiger partial charge in [0.05, 0.1) is 6.61 Å². The number of rotatable bonds is 13. The van der Waals surface area contributed by atoms with Gasteiger partial charge in [0.15, 0.2) is 0 Å². The van der Waals surface area contributed by atoms with Crippen LogP contribution in [0.5, 0.6) is 5.75 Å². The Bertz CT molecular complexity index is 443. The number of benzene rings is 1. The van der Waals surface area contributed by atoms with Crippen LogP contribution in [-0.2, 0) is 0 Å². The quantitative estimate of drug-likeness (QED) is 0.552. The van der Waals surface area contributed by atoms with Crippen LogP contribution >= 0.6 is 0 Å². The highest BCUT2D eigenvalue weighted by Crippen LogP contribution is 2.13. The van der Waals surface area contributed by atoms with E-state index in [-0.39, 0.29) is 5.91 Å². The van der Waals surface area contributed by atoms with Gasteiger partial charge >= 0.3 is 0 Å². The van der Waals surface area contributed by atoms with Crippen LogP contribution in [0.1, 0.15) is 62.2 Å². The zero-order valence-corrected chi connectivity index (χ0v) is 15.6. The number of hydrogen-bond acceptors (Lipinski definition) is 3. The van der Waals surface area contributed by atoms with Crippen LogP contribution in [0.4, 0.5) is 0 Å². The largest absolute Gasteiger partial charge is 0.494 e. The number of carbonyl (C=O) groups is 1. The van der Waals surface area contributed by atoms with Crippen LogP contribution < -0.4 is 10.1 Å². The lowest BCUT2D eigenvalue weighted by Crippen LogP contribution is -2.31. The molecular formula is C20H34N2O2. The molecule has 0 aromatic heterocycles. The summed E-state index contributed by atoms with van der Waals surface area (Å²) in [5.74, 6) is 0.807. The number of amides is 1. The molecule has 0 spiro atoms. The Labute approximate surface area is 147 Å². The molecule has 4 nitrogen and oxygen atoms in total. The minimum Gasteiger partial charge on any atom is -0.494 e. The molecule has 0 aliphatic carbocycles. The monoisotopic (exact) mass is 334 g/mol. The van der Waals surface area contributed by atoms with E-state index in [1.807, 2.05) is 43.3 Å². The summed E-state index contributed by atoms with van der Waals surface area (Å²) in [5, 5.41) is 2.91. The molecule has 0 saturated carbocycles. The summed E-state index contributed by atoms with van der Waals surface area (Å²) >= 11 is 0. The third-order valence-corrected chi connectivity index (χ3v) is 3.98. The maximum Gasteiger partial charge on any atom is 0.251 e. The molecule has 0 aliphatic rings. The normalized spacial score (nSPS) is 10.8. The van der Waals surface area contributed by atoms with Crippen molar-refractivity contribution in [3.63, 3.8) is 0 Å². The molecule has 4 heteroatoms. The third-order valence-electron chi connectivity index (χ3n) is 3.98. The van der Waals surface area contributed by atoms with E-state index < -0.39 is 0 Å². The molecule has 0 saturated heterocycles. The van der Waals surface area contributed by atoms with Gasteiger partial charge in [-0.15, -0.1) is 0 Å². The van der Waals surface area contributed by atoms with E-state index in [9.17, 15) is 4.79 Å². The van der Waals surface area contributed by atoms with Gasteiger partial charge in [-0.2, -0.15) is 0 Å². The summed E-state index contributed by atoms with van der Waals surface area (Å²) < 4.78 is 5.74. The van der Waals surface area contributed by atoms with E-state index >= 15 is 0 Å². The molecule has 1 rings (SSSR count). The van der Waals surface area contributed by atoms with Crippen molar-refractivity contribution in [1.29, 1.82) is 0 Å². The van der Waals surface area contributed by atoms with Crippen molar-refractivity contribution in [2.24, 2.45) is 0 Å². The Morgan fingerprint density at radius 3 is 2.25 bits per heavy atom. The van der Waals surface area contributed by atoms with Crippen LogP contribution in [0.15, 0.2) is 24.3 Å². The fourth-order valence-electron chi connectivity index (χ4n) is 2.45. The number of nitrogens with one attached hydrogen (secondary N) is 1. The summed E-state index contributed by atoms with van der Waals surface area (Å²) in [6.07, 6.45) is 8.98. The van der Waals surface area contributed by atoms with Gasteiger partial charge in [-0.05, 0) is 44.8 Å². The molecule has 0 atom stereocenters. The SMILES string of the molecule is CCCCCCCCCOc1ccc(C(=O)NCCN(C)C)cc1. The van der Waals surface area contributed by atoms with Gasteiger partial charge in [0.1, 0.15) is 5.75 Å². The second-order valence-corrected chi connectivity index (χ2v) is 6.55. The Hall–Kier alpha value is -1.55. The third kappa shape index (κ3) is 9.56. The molecule has 0 unspecified atom stereocenters. The molecule has 0 radical (unpaired) electrons. The molecule has 0 fully saturated rings. The summed E-state index contributed by atoms with van der Waals surface area (Å²) in [6.45, 7) is 4.49. The molecule has 1 aromatic carbocycles. The predicted octanol–water partition coefficient (Wildman–Crippen LogP) is 4.11. The molecule has 136 valence electrons.